The number of aromatic nitrogens is 3. The topological polar surface area (TPSA) is 57.1 Å². The fourth-order valence-corrected chi connectivity index (χ4v) is 2.35. The molecule has 0 saturated carbocycles. The van der Waals surface area contributed by atoms with Crippen molar-refractivity contribution in [3.63, 3.8) is 0 Å². The molecule has 0 aliphatic carbocycles. The Balaban J connectivity index is 2.05. The summed E-state index contributed by atoms with van der Waals surface area (Å²) in [6.45, 7) is 1.96. The Morgan fingerprint density at radius 3 is 2.48 bits per heavy atom. The minimum absolute atomic E-state index is 0.645. The molecule has 2 aromatic heterocycles. The first-order valence-corrected chi connectivity index (χ1v) is 7.19. The lowest BCUT2D eigenvalue weighted by molar-refractivity contribution is 0.355. The fraction of sp³-hybridized carbons (Fsp3) is 0.167. The van der Waals surface area contributed by atoms with E-state index < -0.39 is 0 Å². The van der Waals surface area contributed by atoms with E-state index in [1.54, 1.807) is 26.6 Å². The van der Waals surface area contributed by atoms with Crippen molar-refractivity contribution >= 4 is 23.1 Å². The van der Waals surface area contributed by atoms with Crippen molar-refractivity contribution in [3.05, 3.63) is 53.7 Å². The summed E-state index contributed by atoms with van der Waals surface area (Å²) >= 11 is 0. The molecule has 3 aromatic rings. The van der Waals surface area contributed by atoms with Crippen LogP contribution in [0.5, 0.6) is 11.5 Å². The van der Waals surface area contributed by atoms with Crippen LogP contribution in [-0.4, -0.2) is 29.2 Å². The summed E-state index contributed by atoms with van der Waals surface area (Å²) in [7, 11) is 3.23. The van der Waals surface area contributed by atoms with E-state index in [2.05, 4.69) is 15.0 Å². The maximum atomic E-state index is 5.34. The molecule has 0 fully saturated rings. The second kappa shape index (κ2) is 6.44. The van der Waals surface area contributed by atoms with Gasteiger partial charge in [0.2, 0.25) is 0 Å². The van der Waals surface area contributed by atoms with Gasteiger partial charge in [-0.1, -0.05) is 6.07 Å². The number of methoxy groups -OCH3 is 2. The number of hydrogen-bond donors (Lipinski definition) is 0. The Morgan fingerprint density at radius 2 is 1.78 bits per heavy atom. The van der Waals surface area contributed by atoms with Crippen molar-refractivity contribution in [2.75, 3.05) is 14.2 Å². The molecular weight excluding hydrogens is 290 g/mol. The number of hydrogen-bond acceptors (Lipinski definition) is 5. The average molecular weight is 307 g/mol. The number of rotatable bonds is 4. The van der Waals surface area contributed by atoms with E-state index in [1.807, 2.05) is 43.3 Å². The molecule has 0 unspecified atom stereocenters. The summed E-state index contributed by atoms with van der Waals surface area (Å²) in [6.07, 6.45) is 7.35. The monoisotopic (exact) mass is 307 g/mol. The van der Waals surface area contributed by atoms with Gasteiger partial charge in [-0.3, -0.25) is 4.98 Å². The predicted molar refractivity (Wildman–Crippen MR) is 90.5 cm³/mol. The summed E-state index contributed by atoms with van der Waals surface area (Å²) in [5, 5.41) is 0.946. The molecule has 0 N–H and O–H groups in total. The van der Waals surface area contributed by atoms with Gasteiger partial charge < -0.3 is 9.47 Å². The van der Waals surface area contributed by atoms with Crippen molar-refractivity contribution < 1.29 is 9.47 Å². The van der Waals surface area contributed by atoms with Crippen molar-refractivity contribution in [1.82, 2.24) is 15.0 Å². The van der Waals surface area contributed by atoms with E-state index in [9.17, 15) is 0 Å². The molecule has 0 aliphatic rings. The molecule has 0 spiro atoms. The van der Waals surface area contributed by atoms with Gasteiger partial charge in [-0.15, -0.1) is 0 Å². The maximum absolute atomic E-state index is 5.34. The number of benzene rings is 1. The first kappa shape index (κ1) is 15.0. The summed E-state index contributed by atoms with van der Waals surface area (Å²) in [5.41, 5.74) is 2.71. The van der Waals surface area contributed by atoms with Crippen LogP contribution in [0, 0.1) is 6.92 Å². The van der Waals surface area contributed by atoms with Crippen LogP contribution in [-0.2, 0) is 0 Å². The molecule has 0 bridgehead atoms. The highest BCUT2D eigenvalue weighted by molar-refractivity contribution is 5.85. The second-order valence-corrected chi connectivity index (χ2v) is 5.01. The molecule has 116 valence electrons. The zero-order chi connectivity index (χ0) is 16.2. The molecule has 5 heteroatoms. The lowest BCUT2D eigenvalue weighted by atomic mass is 10.1. The van der Waals surface area contributed by atoms with Crippen LogP contribution >= 0.6 is 0 Å². The van der Waals surface area contributed by atoms with Crippen LogP contribution in [0.1, 0.15) is 17.1 Å². The van der Waals surface area contributed by atoms with Gasteiger partial charge in [0.1, 0.15) is 0 Å². The van der Waals surface area contributed by atoms with Crippen LogP contribution in [0.25, 0.3) is 23.1 Å². The molecule has 5 nitrogen and oxygen atoms in total. The van der Waals surface area contributed by atoms with Crippen LogP contribution in [0.4, 0.5) is 0 Å². The molecule has 0 saturated heterocycles. The number of nitrogens with zero attached hydrogens (tertiary/aromatic N) is 3. The van der Waals surface area contributed by atoms with E-state index in [4.69, 9.17) is 9.47 Å². The first-order chi connectivity index (χ1) is 11.2. The number of aryl methyl sites for hydroxylation is 1. The highest BCUT2D eigenvalue weighted by atomic mass is 16.5. The van der Waals surface area contributed by atoms with E-state index in [1.165, 1.54) is 0 Å². The zero-order valence-electron chi connectivity index (χ0n) is 13.3. The second-order valence-electron chi connectivity index (χ2n) is 5.01. The van der Waals surface area contributed by atoms with Gasteiger partial charge in [0.25, 0.3) is 0 Å². The third kappa shape index (κ3) is 3.13. The summed E-state index contributed by atoms with van der Waals surface area (Å²) in [4.78, 5) is 13.2. The standard InChI is InChI=1S/C18H17N3O2/c1-12-14-9-16(22-2)17(23-3)10-15(14)21-18(20-12)7-6-13-5-4-8-19-11-13/h4-11H,1-3H3/b7-6+. The zero-order valence-corrected chi connectivity index (χ0v) is 13.3. The minimum atomic E-state index is 0.645. The summed E-state index contributed by atoms with van der Waals surface area (Å²) in [6, 6.07) is 7.64. The van der Waals surface area contributed by atoms with E-state index in [0.29, 0.717) is 17.3 Å². The highest BCUT2D eigenvalue weighted by Crippen LogP contribution is 2.32. The van der Waals surface area contributed by atoms with E-state index >= 15 is 0 Å². The highest BCUT2D eigenvalue weighted by Gasteiger charge is 2.10. The van der Waals surface area contributed by atoms with Gasteiger partial charge in [0.05, 0.1) is 19.7 Å². The van der Waals surface area contributed by atoms with Crippen LogP contribution in [0.15, 0.2) is 36.7 Å². The first-order valence-electron chi connectivity index (χ1n) is 7.19. The SMILES string of the molecule is COc1cc2nc(/C=C/c3cccnc3)nc(C)c2cc1OC. The number of ether oxygens (including phenoxy) is 2. The average Bonchev–Trinajstić information content (AvgIpc) is 2.59. The Morgan fingerprint density at radius 1 is 1.00 bits per heavy atom. The van der Waals surface area contributed by atoms with Gasteiger partial charge in [0, 0.05) is 29.5 Å². The largest absolute Gasteiger partial charge is 0.493 e. The smallest absolute Gasteiger partial charge is 0.162 e. The molecule has 0 radical (unpaired) electrons. The molecule has 0 atom stereocenters. The van der Waals surface area contributed by atoms with Crippen molar-refractivity contribution in [1.29, 1.82) is 0 Å². The van der Waals surface area contributed by atoms with Gasteiger partial charge in [0.15, 0.2) is 17.3 Å². The number of fused-ring (bicyclic) bond motifs is 1. The molecule has 1 aromatic carbocycles. The van der Waals surface area contributed by atoms with Crippen LogP contribution < -0.4 is 9.47 Å². The third-order valence-corrected chi connectivity index (χ3v) is 3.52. The fourth-order valence-electron chi connectivity index (χ4n) is 2.35. The summed E-state index contributed by atoms with van der Waals surface area (Å²) in [5.74, 6) is 1.97. The summed E-state index contributed by atoms with van der Waals surface area (Å²) < 4.78 is 10.7. The minimum Gasteiger partial charge on any atom is -0.493 e. The van der Waals surface area contributed by atoms with Gasteiger partial charge in [-0.25, -0.2) is 9.97 Å². The third-order valence-electron chi connectivity index (χ3n) is 3.52. The van der Waals surface area contributed by atoms with Gasteiger partial charge >= 0.3 is 0 Å². The molecular formula is C18H17N3O2. The molecule has 0 amide bonds. The lowest BCUT2D eigenvalue weighted by Crippen LogP contribution is -1.96. The predicted octanol–water partition coefficient (Wildman–Crippen LogP) is 3.52. The molecule has 0 aliphatic heterocycles. The quantitative estimate of drug-likeness (QED) is 0.738. The molecule has 3 rings (SSSR count). The Hall–Kier alpha value is -2.95. The molecule has 2 heterocycles. The van der Waals surface area contributed by atoms with Crippen molar-refractivity contribution in [2.24, 2.45) is 0 Å². The Kier molecular flexibility index (Phi) is 4.19. The van der Waals surface area contributed by atoms with E-state index in [0.717, 1.165) is 22.2 Å². The lowest BCUT2D eigenvalue weighted by Gasteiger charge is -2.10. The maximum Gasteiger partial charge on any atom is 0.162 e. The number of pyridine rings is 1. The Bertz CT molecular complexity index is 861. The van der Waals surface area contributed by atoms with Gasteiger partial charge in [-0.05, 0) is 36.8 Å². The van der Waals surface area contributed by atoms with Crippen molar-refractivity contribution in [2.45, 2.75) is 6.92 Å². The van der Waals surface area contributed by atoms with Gasteiger partial charge in [-0.2, -0.15) is 0 Å². The van der Waals surface area contributed by atoms with Crippen molar-refractivity contribution in [3.8, 4) is 11.5 Å². The van der Waals surface area contributed by atoms with E-state index in [-0.39, 0.29) is 0 Å². The normalized spacial score (nSPS) is 11.1. The van der Waals surface area contributed by atoms with Crippen LogP contribution in [0.3, 0.4) is 0 Å². The molecule has 23 heavy (non-hydrogen) atoms. The van der Waals surface area contributed by atoms with Crippen LogP contribution in [0.2, 0.25) is 0 Å². The Labute approximate surface area is 134 Å².